The number of allylic oxidation sites excluding steroid dienone is 1. The number of hydrogen-bond acceptors (Lipinski definition) is 2. The predicted molar refractivity (Wildman–Crippen MR) is 48.4 cm³/mol. The molecule has 0 aliphatic carbocycles. The van der Waals surface area contributed by atoms with Gasteiger partial charge in [-0.05, 0) is 13.8 Å². The maximum atomic E-state index is 11.0. The molecule has 0 aromatic rings. The molecule has 0 N–H and O–H groups in total. The first-order valence-corrected chi connectivity index (χ1v) is 3.85. The van der Waals surface area contributed by atoms with Crippen LogP contribution in [0.5, 0.6) is 0 Å². The van der Waals surface area contributed by atoms with Gasteiger partial charge in [-0.1, -0.05) is 12.0 Å². The standard InChI is InChI=1S/C10H14O2/c1-5-10(4,6-2)8-9(11)12-7-3/h1,6H,2,7-8H2,3-4H3. The predicted octanol–water partition coefficient (Wildman–Crippen LogP) is 1.77. The van der Waals surface area contributed by atoms with E-state index in [1.165, 1.54) is 0 Å². The van der Waals surface area contributed by atoms with Crippen LogP contribution in [0, 0.1) is 17.8 Å². The molecule has 0 spiro atoms. The van der Waals surface area contributed by atoms with Crippen LogP contribution in [-0.2, 0) is 9.53 Å². The molecule has 0 saturated carbocycles. The van der Waals surface area contributed by atoms with Gasteiger partial charge in [-0.2, -0.15) is 0 Å². The first kappa shape index (κ1) is 10.8. The van der Waals surface area contributed by atoms with Crippen LogP contribution in [-0.4, -0.2) is 12.6 Å². The number of ether oxygens (including phenoxy) is 1. The van der Waals surface area contributed by atoms with E-state index in [4.69, 9.17) is 11.2 Å². The average molecular weight is 166 g/mol. The second-order valence-electron chi connectivity index (χ2n) is 2.75. The van der Waals surface area contributed by atoms with E-state index < -0.39 is 5.41 Å². The van der Waals surface area contributed by atoms with Crippen LogP contribution < -0.4 is 0 Å². The summed E-state index contributed by atoms with van der Waals surface area (Å²) in [6.45, 7) is 7.49. The van der Waals surface area contributed by atoms with Crippen molar-refractivity contribution in [2.45, 2.75) is 20.3 Å². The monoisotopic (exact) mass is 166 g/mol. The van der Waals surface area contributed by atoms with E-state index >= 15 is 0 Å². The minimum atomic E-state index is -0.577. The number of carbonyl (C=O) groups excluding carboxylic acids is 1. The van der Waals surface area contributed by atoms with Gasteiger partial charge in [0.15, 0.2) is 0 Å². The third-order valence-corrected chi connectivity index (χ3v) is 1.60. The van der Waals surface area contributed by atoms with Crippen LogP contribution >= 0.6 is 0 Å². The second kappa shape index (κ2) is 4.61. The Morgan fingerprint density at radius 1 is 1.83 bits per heavy atom. The second-order valence-corrected chi connectivity index (χ2v) is 2.75. The summed E-state index contributed by atoms with van der Waals surface area (Å²) in [4.78, 5) is 11.0. The minimum Gasteiger partial charge on any atom is -0.466 e. The lowest BCUT2D eigenvalue weighted by Crippen LogP contribution is -2.17. The molecule has 0 aromatic carbocycles. The third kappa shape index (κ3) is 3.25. The molecule has 1 unspecified atom stereocenters. The lowest BCUT2D eigenvalue weighted by atomic mass is 9.88. The molecular formula is C10H14O2. The van der Waals surface area contributed by atoms with Crippen LogP contribution in [0.3, 0.4) is 0 Å². The zero-order valence-electron chi connectivity index (χ0n) is 7.59. The molecule has 0 rings (SSSR count). The van der Waals surface area contributed by atoms with Crippen molar-refractivity contribution in [3.63, 3.8) is 0 Å². The molecule has 0 amide bonds. The molecule has 0 aromatic heterocycles. The van der Waals surface area contributed by atoms with E-state index in [0.29, 0.717) is 6.61 Å². The van der Waals surface area contributed by atoms with Crippen LogP contribution in [0.15, 0.2) is 12.7 Å². The maximum Gasteiger partial charge on any atom is 0.307 e. The zero-order valence-corrected chi connectivity index (χ0v) is 7.59. The molecule has 0 heterocycles. The summed E-state index contributed by atoms with van der Waals surface area (Å²) in [5, 5.41) is 0. The van der Waals surface area contributed by atoms with Gasteiger partial charge in [0.2, 0.25) is 0 Å². The van der Waals surface area contributed by atoms with E-state index in [1.54, 1.807) is 19.9 Å². The highest BCUT2D eigenvalue weighted by molar-refractivity contribution is 5.71. The number of terminal acetylenes is 1. The normalized spacial score (nSPS) is 14.1. The topological polar surface area (TPSA) is 26.3 Å². The van der Waals surface area contributed by atoms with Crippen LogP contribution in [0.2, 0.25) is 0 Å². The Kier molecular flexibility index (Phi) is 4.14. The van der Waals surface area contributed by atoms with Gasteiger partial charge in [0.1, 0.15) is 0 Å². The molecule has 0 saturated heterocycles. The maximum absolute atomic E-state index is 11.0. The third-order valence-electron chi connectivity index (χ3n) is 1.60. The van der Waals surface area contributed by atoms with Crippen molar-refractivity contribution in [1.82, 2.24) is 0 Å². The van der Waals surface area contributed by atoms with Crippen LogP contribution in [0.1, 0.15) is 20.3 Å². The fraction of sp³-hybridized carbons (Fsp3) is 0.500. The van der Waals surface area contributed by atoms with Crippen molar-refractivity contribution >= 4 is 5.97 Å². The average Bonchev–Trinajstić information content (AvgIpc) is 2.05. The van der Waals surface area contributed by atoms with Gasteiger partial charge in [-0.25, -0.2) is 0 Å². The first-order valence-electron chi connectivity index (χ1n) is 3.85. The van der Waals surface area contributed by atoms with Gasteiger partial charge in [-0.15, -0.1) is 13.0 Å². The zero-order chi connectivity index (χ0) is 9.61. The number of carbonyl (C=O) groups is 1. The molecule has 2 heteroatoms. The molecule has 12 heavy (non-hydrogen) atoms. The van der Waals surface area contributed by atoms with Gasteiger partial charge < -0.3 is 4.74 Å². The van der Waals surface area contributed by atoms with Crippen LogP contribution in [0.4, 0.5) is 0 Å². The Morgan fingerprint density at radius 3 is 2.75 bits per heavy atom. The molecule has 1 atom stereocenters. The largest absolute Gasteiger partial charge is 0.466 e. The minimum absolute atomic E-state index is 0.195. The first-order chi connectivity index (χ1) is 5.58. The molecule has 66 valence electrons. The molecule has 2 nitrogen and oxygen atoms in total. The molecular weight excluding hydrogens is 152 g/mol. The summed E-state index contributed by atoms with van der Waals surface area (Å²) < 4.78 is 4.76. The van der Waals surface area contributed by atoms with E-state index in [-0.39, 0.29) is 12.4 Å². The van der Waals surface area contributed by atoms with E-state index in [9.17, 15) is 4.79 Å². The fourth-order valence-corrected chi connectivity index (χ4v) is 0.694. The Bertz CT molecular complexity index is 212. The van der Waals surface area contributed by atoms with Crippen molar-refractivity contribution in [3.8, 4) is 12.3 Å². The SMILES string of the molecule is C#CC(C)(C=C)CC(=O)OCC. The molecule has 0 aliphatic heterocycles. The Morgan fingerprint density at radius 2 is 2.42 bits per heavy atom. The van der Waals surface area contributed by atoms with E-state index in [0.717, 1.165) is 0 Å². The summed E-state index contributed by atoms with van der Waals surface area (Å²) in [7, 11) is 0. The number of esters is 1. The Labute approximate surface area is 73.6 Å². The van der Waals surface area contributed by atoms with Crippen molar-refractivity contribution in [2.75, 3.05) is 6.61 Å². The number of hydrogen-bond donors (Lipinski definition) is 0. The highest BCUT2D eigenvalue weighted by atomic mass is 16.5. The highest BCUT2D eigenvalue weighted by Crippen LogP contribution is 2.21. The highest BCUT2D eigenvalue weighted by Gasteiger charge is 2.21. The van der Waals surface area contributed by atoms with E-state index in [2.05, 4.69) is 12.5 Å². The summed E-state index contributed by atoms with van der Waals surface area (Å²) in [6.07, 6.45) is 7.02. The van der Waals surface area contributed by atoms with Gasteiger partial charge in [0.25, 0.3) is 0 Å². The fourth-order valence-electron chi connectivity index (χ4n) is 0.694. The van der Waals surface area contributed by atoms with Crippen molar-refractivity contribution in [3.05, 3.63) is 12.7 Å². The van der Waals surface area contributed by atoms with Gasteiger partial charge in [0, 0.05) is 0 Å². The molecule has 0 bridgehead atoms. The summed E-state index contributed by atoms with van der Waals surface area (Å²) in [5.74, 6) is 2.22. The van der Waals surface area contributed by atoms with E-state index in [1.807, 2.05) is 0 Å². The lowest BCUT2D eigenvalue weighted by molar-refractivity contribution is -0.144. The molecule has 0 radical (unpaired) electrons. The molecule has 0 aliphatic rings. The van der Waals surface area contributed by atoms with Gasteiger partial charge in [0.05, 0.1) is 18.4 Å². The summed E-state index contributed by atoms with van der Waals surface area (Å²) in [5.41, 5.74) is -0.577. The molecule has 0 fully saturated rings. The van der Waals surface area contributed by atoms with Crippen molar-refractivity contribution < 1.29 is 9.53 Å². The smallest absolute Gasteiger partial charge is 0.307 e. The summed E-state index contributed by atoms with van der Waals surface area (Å²) in [6, 6.07) is 0. The van der Waals surface area contributed by atoms with Crippen molar-refractivity contribution in [1.29, 1.82) is 0 Å². The summed E-state index contributed by atoms with van der Waals surface area (Å²) >= 11 is 0. The van der Waals surface area contributed by atoms with Crippen molar-refractivity contribution in [2.24, 2.45) is 5.41 Å². The van der Waals surface area contributed by atoms with Gasteiger partial charge in [-0.3, -0.25) is 4.79 Å². The Hall–Kier alpha value is -1.23. The van der Waals surface area contributed by atoms with Gasteiger partial charge >= 0.3 is 5.97 Å². The Balaban J connectivity index is 4.14. The van der Waals surface area contributed by atoms with Crippen LogP contribution in [0.25, 0.3) is 0 Å². The lowest BCUT2D eigenvalue weighted by Gasteiger charge is -2.16. The quantitative estimate of drug-likeness (QED) is 0.361. The number of rotatable bonds is 4.